The van der Waals surface area contributed by atoms with E-state index >= 15 is 0 Å². The lowest BCUT2D eigenvalue weighted by atomic mass is 9.77. The molecule has 1 aromatic rings. The molecular formula is C13H14Cl2O2. The first-order valence-corrected chi connectivity index (χ1v) is 6.51. The standard InChI is InChI=1S/C13H14Cl2O2/c14-11-5-4-9(7-12(11)15)10(13(16)17)6-8-2-1-3-8/h4-5,7-8,10H,1-3,6H2,(H,16,17). The number of carbonyl (C=O) groups is 1. The molecule has 17 heavy (non-hydrogen) atoms. The molecule has 92 valence electrons. The summed E-state index contributed by atoms with van der Waals surface area (Å²) in [5.41, 5.74) is 0.749. The van der Waals surface area contributed by atoms with Crippen molar-refractivity contribution in [1.82, 2.24) is 0 Å². The fourth-order valence-corrected chi connectivity index (χ4v) is 2.48. The van der Waals surface area contributed by atoms with E-state index in [1.54, 1.807) is 18.2 Å². The first-order chi connectivity index (χ1) is 8.08. The Labute approximate surface area is 111 Å². The fraction of sp³-hybridized carbons (Fsp3) is 0.462. The van der Waals surface area contributed by atoms with E-state index in [-0.39, 0.29) is 0 Å². The SMILES string of the molecule is O=C(O)C(CC1CCC1)c1ccc(Cl)c(Cl)c1. The van der Waals surface area contributed by atoms with E-state index in [9.17, 15) is 9.90 Å². The van der Waals surface area contributed by atoms with Gasteiger partial charge in [0.2, 0.25) is 0 Å². The van der Waals surface area contributed by atoms with Crippen molar-refractivity contribution in [3.8, 4) is 0 Å². The molecule has 0 saturated heterocycles. The van der Waals surface area contributed by atoms with Gasteiger partial charge in [0.05, 0.1) is 16.0 Å². The molecule has 0 bridgehead atoms. The number of hydrogen-bond acceptors (Lipinski definition) is 1. The van der Waals surface area contributed by atoms with E-state index in [0.29, 0.717) is 22.4 Å². The van der Waals surface area contributed by atoms with Crippen LogP contribution in [-0.4, -0.2) is 11.1 Å². The van der Waals surface area contributed by atoms with Crippen molar-refractivity contribution in [2.45, 2.75) is 31.6 Å². The van der Waals surface area contributed by atoms with Gasteiger partial charge in [0.15, 0.2) is 0 Å². The predicted octanol–water partition coefficient (Wildman–Crippen LogP) is 4.35. The Balaban J connectivity index is 2.18. The zero-order valence-electron chi connectivity index (χ0n) is 9.33. The molecule has 0 radical (unpaired) electrons. The summed E-state index contributed by atoms with van der Waals surface area (Å²) in [5.74, 6) is -0.698. The lowest BCUT2D eigenvalue weighted by molar-refractivity contribution is -0.139. The Hall–Kier alpha value is -0.730. The molecule has 1 unspecified atom stereocenters. The average Bonchev–Trinajstić information content (AvgIpc) is 2.20. The Morgan fingerprint density at radius 3 is 2.53 bits per heavy atom. The highest BCUT2D eigenvalue weighted by atomic mass is 35.5. The molecule has 1 saturated carbocycles. The summed E-state index contributed by atoms with van der Waals surface area (Å²) in [7, 11) is 0. The van der Waals surface area contributed by atoms with Crippen molar-refractivity contribution in [3.63, 3.8) is 0 Å². The number of hydrogen-bond donors (Lipinski definition) is 1. The van der Waals surface area contributed by atoms with Gasteiger partial charge in [-0.05, 0) is 30.0 Å². The molecule has 4 heteroatoms. The minimum absolute atomic E-state index is 0.420. The number of halogens is 2. The Morgan fingerprint density at radius 2 is 2.06 bits per heavy atom. The van der Waals surface area contributed by atoms with Crippen LogP contribution in [0.4, 0.5) is 0 Å². The van der Waals surface area contributed by atoms with Crippen molar-refractivity contribution in [3.05, 3.63) is 33.8 Å². The van der Waals surface area contributed by atoms with Crippen LogP contribution in [0.15, 0.2) is 18.2 Å². The van der Waals surface area contributed by atoms with E-state index < -0.39 is 11.9 Å². The molecule has 0 amide bonds. The van der Waals surface area contributed by atoms with Crippen molar-refractivity contribution < 1.29 is 9.90 Å². The maximum absolute atomic E-state index is 11.3. The van der Waals surface area contributed by atoms with Gasteiger partial charge in [-0.1, -0.05) is 48.5 Å². The first-order valence-electron chi connectivity index (χ1n) is 5.75. The number of benzene rings is 1. The van der Waals surface area contributed by atoms with Crippen LogP contribution < -0.4 is 0 Å². The minimum Gasteiger partial charge on any atom is -0.481 e. The monoisotopic (exact) mass is 272 g/mol. The zero-order chi connectivity index (χ0) is 12.4. The van der Waals surface area contributed by atoms with Crippen LogP contribution in [0.2, 0.25) is 10.0 Å². The summed E-state index contributed by atoms with van der Waals surface area (Å²) in [4.78, 5) is 11.3. The highest BCUT2D eigenvalue weighted by Crippen LogP contribution is 2.37. The molecule has 1 N–H and O–H groups in total. The number of aliphatic carboxylic acids is 1. The second-order valence-corrected chi connectivity index (χ2v) is 5.41. The highest BCUT2D eigenvalue weighted by molar-refractivity contribution is 6.42. The molecule has 2 nitrogen and oxygen atoms in total. The third kappa shape index (κ3) is 2.93. The molecule has 1 fully saturated rings. The Morgan fingerprint density at radius 1 is 1.35 bits per heavy atom. The van der Waals surface area contributed by atoms with Crippen molar-refractivity contribution >= 4 is 29.2 Å². The summed E-state index contributed by atoms with van der Waals surface area (Å²) in [5, 5.41) is 10.2. The molecule has 0 aliphatic heterocycles. The van der Waals surface area contributed by atoms with Gasteiger partial charge in [0, 0.05) is 0 Å². The number of carboxylic acids is 1. The van der Waals surface area contributed by atoms with E-state index in [2.05, 4.69) is 0 Å². The molecule has 1 atom stereocenters. The van der Waals surface area contributed by atoms with Gasteiger partial charge in [-0.3, -0.25) is 4.79 Å². The fourth-order valence-electron chi connectivity index (χ4n) is 2.17. The summed E-state index contributed by atoms with van der Waals surface area (Å²) in [6.45, 7) is 0. The van der Waals surface area contributed by atoms with Crippen LogP contribution >= 0.6 is 23.2 Å². The largest absolute Gasteiger partial charge is 0.481 e. The normalized spacial score (nSPS) is 17.5. The molecule has 1 aromatic carbocycles. The van der Waals surface area contributed by atoms with E-state index in [4.69, 9.17) is 23.2 Å². The maximum atomic E-state index is 11.3. The van der Waals surface area contributed by atoms with Gasteiger partial charge >= 0.3 is 5.97 Å². The quantitative estimate of drug-likeness (QED) is 0.885. The third-order valence-corrected chi connectivity index (χ3v) is 4.18. The molecule has 0 aromatic heterocycles. The van der Waals surface area contributed by atoms with Crippen LogP contribution in [0.5, 0.6) is 0 Å². The second-order valence-electron chi connectivity index (χ2n) is 4.60. The topological polar surface area (TPSA) is 37.3 Å². The number of rotatable bonds is 4. The number of carboxylic acid groups (broad SMARTS) is 1. The summed E-state index contributed by atoms with van der Waals surface area (Å²) >= 11 is 11.8. The average molecular weight is 273 g/mol. The van der Waals surface area contributed by atoms with E-state index in [0.717, 1.165) is 18.4 Å². The van der Waals surface area contributed by atoms with Crippen LogP contribution in [0.3, 0.4) is 0 Å². The van der Waals surface area contributed by atoms with E-state index in [1.165, 1.54) is 6.42 Å². The molecule has 2 rings (SSSR count). The summed E-state index contributed by atoms with van der Waals surface area (Å²) in [6, 6.07) is 5.09. The van der Waals surface area contributed by atoms with Gasteiger partial charge in [0.25, 0.3) is 0 Å². The zero-order valence-corrected chi connectivity index (χ0v) is 10.8. The van der Waals surface area contributed by atoms with Gasteiger partial charge in [-0.2, -0.15) is 0 Å². The second kappa shape index (κ2) is 5.28. The van der Waals surface area contributed by atoms with Crippen molar-refractivity contribution in [2.75, 3.05) is 0 Å². The highest BCUT2D eigenvalue weighted by Gasteiger charge is 2.27. The van der Waals surface area contributed by atoms with Gasteiger partial charge in [-0.15, -0.1) is 0 Å². The van der Waals surface area contributed by atoms with Crippen molar-refractivity contribution in [2.24, 2.45) is 5.92 Å². The molecule has 0 spiro atoms. The minimum atomic E-state index is -0.782. The van der Waals surface area contributed by atoms with Crippen LogP contribution in [-0.2, 0) is 4.79 Å². The van der Waals surface area contributed by atoms with E-state index in [1.807, 2.05) is 0 Å². The van der Waals surface area contributed by atoms with Gasteiger partial charge < -0.3 is 5.11 Å². The third-order valence-electron chi connectivity index (χ3n) is 3.44. The van der Waals surface area contributed by atoms with Crippen LogP contribution in [0, 0.1) is 5.92 Å². The lowest BCUT2D eigenvalue weighted by Gasteiger charge is -2.28. The molecule has 1 aliphatic carbocycles. The van der Waals surface area contributed by atoms with Gasteiger partial charge in [-0.25, -0.2) is 0 Å². The summed E-state index contributed by atoms with van der Waals surface area (Å²) in [6.07, 6.45) is 4.21. The van der Waals surface area contributed by atoms with Crippen LogP contribution in [0.1, 0.15) is 37.2 Å². The van der Waals surface area contributed by atoms with Crippen LogP contribution in [0.25, 0.3) is 0 Å². The smallest absolute Gasteiger partial charge is 0.310 e. The van der Waals surface area contributed by atoms with Gasteiger partial charge in [0.1, 0.15) is 0 Å². The maximum Gasteiger partial charge on any atom is 0.310 e. The Kier molecular flexibility index (Phi) is 3.95. The summed E-state index contributed by atoms with van der Waals surface area (Å²) < 4.78 is 0. The molecular weight excluding hydrogens is 259 g/mol. The van der Waals surface area contributed by atoms with Crippen molar-refractivity contribution in [1.29, 1.82) is 0 Å². The molecule has 1 aliphatic rings. The Bertz CT molecular complexity index is 427. The predicted molar refractivity (Wildman–Crippen MR) is 68.8 cm³/mol. The molecule has 0 heterocycles. The first kappa shape index (κ1) is 12.7. The lowest BCUT2D eigenvalue weighted by Crippen LogP contribution is -2.20.